The van der Waals surface area contributed by atoms with Crippen LogP contribution in [-0.2, 0) is 4.79 Å². The molecule has 0 saturated heterocycles. The standard InChI is InChI=1S/C18H32OS/c1-7-17(19)14-16(3)11-8-10-15(2)12-9-13-18(4,5)20-6/h8,11,14-15H,7,9-10,12-13H2,1-6H3/b11-8+,16-14+. The number of carbonyl (C=O) groups excluding carboxylic acids is 1. The zero-order valence-electron chi connectivity index (χ0n) is 14.2. The average molecular weight is 297 g/mol. The summed E-state index contributed by atoms with van der Waals surface area (Å²) in [4.78, 5) is 11.3. The Hall–Kier alpha value is -0.500. The van der Waals surface area contributed by atoms with Crippen LogP contribution in [0.4, 0.5) is 0 Å². The van der Waals surface area contributed by atoms with Crippen LogP contribution in [0.3, 0.4) is 0 Å². The van der Waals surface area contributed by atoms with Gasteiger partial charge in [0.1, 0.15) is 0 Å². The van der Waals surface area contributed by atoms with E-state index in [9.17, 15) is 4.79 Å². The SMILES string of the molecule is CCC(=O)/C=C(C)/C=C/CC(C)CCCC(C)(C)SC. The van der Waals surface area contributed by atoms with Gasteiger partial charge < -0.3 is 0 Å². The third-order valence-electron chi connectivity index (χ3n) is 3.68. The maximum Gasteiger partial charge on any atom is 0.155 e. The molecular formula is C18H32OS. The number of carbonyl (C=O) groups is 1. The summed E-state index contributed by atoms with van der Waals surface area (Å²) in [6.45, 7) is 10.8. The maximum atomic E-state index is 11.3. The molecule has 0 bridgehead atoms. The first-order chi connectivity index (χ1) is 9.30. The Morgan fingerprint density at radius 2 is 2.00 bits per heavy atom. The predicted octanol–water partition coefficient (Wildman–Crippen LogP) is 5.81. The van der Waals surface area contributed by atoms with Gasteiger partial charge in [-0.15, -0.1) is 0 Å². The summed E-state index contributed by atoms with van der Waals surface area (Å²) in [5.74, 6) is 0.929. The molecule has 116 valence electrons. The van der Waals surface area contributed by atoms with Crippen LogP contribution in [0, 0.1) is 5.92 Å². The van der Waals surface area contributed by atoms with Crippen LogP contribution < -0.4 is 0 Å². The lowest BCUT2D eigenvalue weighted by atomic mass is 9.96. The van der Waals surface area contributed by atoms with Gasteiger partial charge in [-0.1, -0.05) is 52.7 Å². The molecule has 0 aliphatic carbocycles. The van der Waals surface area contributed by atoms with Crippen molar-refractivity contribution >= 4 is 17.5 Å². The van der Waals surface area contributed by atoms with Crippen LogP contribution in [0.25, 0.3) is 0 Å². The molecule has 0 aromatic heterocycles. The lowest BCUT2D eigenvalue weighted by Crippen LogP contribution is -2.13. The smallest absolute Gasteiger partial charge is 0.155 e. The van der Waals surface area contributed by atoms with Crippen LogP contribution in [0.5, 0.6) is 0 Å². The monoisotopic (exact) mass is 296 g/mol. The summed E-state index contributed by atoms with van der Waals surface area (Å²) in [6.07, 6.45) is 13.8. The first-order valence-electron chi connectivity index (χ1n) is 7.73. The third kappa shape index (κ3) is 10.3. The Morgan fingerprint density at radius 1 is 1.35 bits per heavy atom. The fourth-order valence-corrected chi connectivity index (χ4v) is 2.33. The highest BCUT2D eigenvalue weighted by Crippen LogP contribution is 2.28. The summed E-state index contributed by atoms with van der Waals surface area (Å²) >= 11 is 1.95. The second-order valence-electron chi connectivity index (χ2n) is 6.31. The van der Waals surface area contributed by atoms with Crippen molar-refractivity contribution in [1.82, 2.24) is 0 Å². The van der Waals surface area contributed by atoms with Gasteiger partial charge in [0, 0.05) is 11.2 Å². The lowest BCUT2D eigenvalue weighted by Gasteiger charge is -2.22. The molecule has 0 aliphatic heterocycles. The molecule has 1 atom stereocenters. The van der Waals surface area contributed by atoms with Gasteiger partial charge in [-0.25, -0.2) is 0 Å². The van der Waals surface area contributed by atoms with E-state index < -0.39 is 0 Å². The third-order valence-corrected chi connectivity index (χ3v) is 4.99. The van der Waals surface area contributed by atoms with Gasteiger partial charge in [-0.05, 0) is 43.6 Å². The molecule has 1 unspecified atom stereocenters. The van der Waals surface area contributed by atoms with E-state index in [-0.39, 0.29) is 5.78 Å². The van der Waals surface area contributed by atoms with Crippen LogP contribution in [0.2, 0.25) is 0 Å². The summed E-state index contributed by atoms with van der Waals surface area (Å²) in [6, 6.07) is 0. The van der Waals surface area contributed by atoms with Crippen LogP contribution in [0.15, 0.2) is 23.8 Å². The van der Waals surface area contributed by atoms with Gasteiger partial charge in [0.15, 0.2) is 5.78 Å². The molecule has 0 rings (SSSR count). The number of allylic oxidation sites excluding steroid dienone is 4. The lowest BCUT2D eigenvalue weighted by molar-refractivity contribution is -0.114. The summed E-state index contributed by atoms with van der Waals surface area (Å²) < 4.78 is 0.412. The Balaban J connectivity index is 3.96. The van der Waals surface area contributed by atoms with Crippen LogP contribution >= 0.6 is 11.8 Å². The molecule has 0 aliphatic rings. The molecule has 2 heteroatoms. The molecule has 0 saturated carbocycles. The Labute approximate surface area is 130 Å². The maximum absolute atomic E-state index is 11.3. The largest absolute Gasteiger partial charge is 0.295 e. The number of rotatable bonds is 10. The molecule has 0 heterocycles. The van der Waals surface area contributed by atoms with Gasteiger partial charge in [0.2, 0.25) is 0 Å². The Morgan fingerprint density at radius 3 is 2.55 bits per heavy atom. The van der Waals surface area contributed by atoms with E-state index in [0.29, 0.717) is 11.2 Å². The van der Waals surface area contributed by atoms with Crippen molar-refractivity contribution in [2.75, 3.05) is 6.26 Å². The fraction of sp³-hybridized carbons (Fsp3) is 0.722. The van der Waals surface area contributed by atoms with E-state index in [2.05, 4.69) is 39.2 Å². The van der Waals surface area contributed by atoms with Gasteiger partial charge in [0.05, 0.1) is 0 Å². The molecule has 0 radical (unpaired) electrons. The van der Waals surface area contributed by atoms with E-state index in [4.69, 9.17) is 0 Å². The predicted molar refractivity (Wildman–Crippen MR) is 93.4 cm³/mol. The van der Waals surface area contributed by atoms with Crippen LogP contribution in [0.1, 0.15) is 66.7 Å². The topological polar surface area (TPSA) is 17.1 Å². The quantitative estimate of drug-likeness (QED) is 0.374. The normalized spacial score (nSPS) is 14.8. The van der Waals surface area contributed by atoms with Crippen molar-refractivity contribution in [2.24, 2.45) is 5.92 Å². The van der Waals surface area contributed by atoms with E-state index in [1.807, 2.05) is 25.6 Å². The molecular weight excluding hydrogens is 264 g/mol. The highest BCUT2D eigenvalue weighted by molar-refractivity contribution is 7.99. The minimum Gasteiger partial charge on any atom is -0.295 e. The van der Waals surface area contributed by atoms with E-state index in [1.54, 1.807) is 6.08 Å². The van der Waals surface area contributed by atoms with Crippen molar-refractivity contribution in [1.29, 1.82) is 0 Å². The van der Waals surface area contributed by atoms with E-state index in [1.165, 1.54) is 19.3 Å². The van der Waals surface area contributed by atoms with Gasteiger partial charge in [0.25, 0.3) is 0 Å². The molecule has 0 amide bonds. The van der Waals surface area contributed by atoms with Crippen molar-refractivity contribution in [3.63, 3.8) is 0 Å². The van der Waals surface area contributed by atoms with Crippen molar-refractivity contribution in [3.05, 3.63) is 23.8 Å². The van der Waals surface area contributed by atoms with Crippen molar-refractivity contribution < 1.29 is 4.79 Å². The second kappa shape index (κ2) is 10.3. The molecule has 0 spiro atoms. The number of hydrogen-bond acceptors (Lipinski definition) is 2. The highest BCUT2D eigenvalue weighted by Gasteiger charge is 2.15. The van der Waals surface area contributed by atoms with E-state index in [0.717, 1.165) is 17.9 Å². The summed E-state index contributed by atoms with van der Waals surface area (Å²) in [5.41, 5.74) is 1.06. The van der Waals surface area contributed by atoms with Crippen molar-refractivity contribution in [2.45, 2.75) is 71.5 Å². The molecule has 1 nitrogen and oxygen atoms in total. The van der Waals surface area contributed by atoms with Crippen LogP contribution in [-0.4, -0.2) is 16.8 Å². The minimum atomic E-state index is 0.208. The van der Waals surface area contributed by atoms with Gasteiger partial charge in [-0.2, -0.15) is 11.8 Å². The fourth-order valence-electron chi connectivity index (χ4n) is 1.99. The first kappa shape index (κ1) is 19.5. The molecule has 0 aromatic carbocycles. The second-order valence-corrected chi connectivity index (χ2v) is 7.82. The van der Waals surface area contributed by atoms with E-state index >= 15 is 0 Å². The van der Waals surface area contributed by atoms with Crippen molar-refractivity contribution in [3.8, 4) is 0 Å². The molecule has 20 heavy (non-hydrogen) atoms. The summed E-state index contributed by atoms with van der Waals surface area (Å²) in [7, 11) is 0. The zero-order valence-corrected chi connectivity index (χ0v) is 15.0. The molecule has 0 aromatic rings. The number of thioether (sulfide) groups is 1. The molecule has 0 fully saturated rings. The Kier molecular flexibility index (Phi) is 10.0. The van der Waals surface area contributed by atoms with Gasteiger partial charge in [-0.3, -0.25) is 4.79 Å². The molecule has 0 N–H and O–H groups in total. The number of hydrogen-bond donors (Lipinski definition) is 0. The number of ketones is 1. The van der Waals surface area contributed by atoms with Gasteiger partial charge >= 0.3 is 0 Å². The first-order valence-corrected chi connectivity index (χ1v) is 8.96. The average Bonchev–Trinajstić information content (AvgIpc) is 2.38. The minimum absolute atomic E-state index is 0.208. The Bertz CT molecular complexity index is 339. The zero-order chi connectivity index (χ0) is 15.6. The highest BCUT2D eigenvalue weighted by atomic mass is 32.2. The summed E-state index contributed by atoms with van der Waals surface area (Å²) in [5, 5.41) is 0.